The highest BCUT2D eigenvalue weighted by Crippen LogP contribution is 2.16. The molecule has 102 valence electrons. The molecule has 1 aromatic rings. The second-order valence-electron chi connectivity index (χ2n) is 4.80. The molecule has 1 rings (SSSR count). The molecule has 0 fully saturated rings. The monoisotopic (exact) mass is 316 g/mol. The van der Waals surface area contributed by atoms with Gasteiger partial charge in [0, 0.05) is 11.0 Å². The molecule has 0 aliphatic rings. The molecular weight excluding hydrogens is 295 g/mol. The van der Waals surface area contributed by atoms with Gasteiger partial charge in [0.2, 0.25) is 0 Å². The molecule has 0 aliphatic heterocycles. The molecule has 0 N–H and O–H groups in total. The van der Waals surface area contributed by atoms with Gasteiger partial charge in [-0.15, -0.1) is 0 Å². The van der Waals surface area contributed by atoms with Crippen LogP contribution in [0.2, 0.25) is 0 Å². The van der Waals surface area contributed by atoms with Crippen molar-refractivity contribution < 1.29 is 4.39 Å². The molecule has 2 nitrogen and oxygen atoms in total. The zero-order valence-corrected chi connectivity index (χ0v) is 13.0. The van der Waals surface area contributed by atoms with E-state index in [0.29, 0.717) is 0 Å². The maximum absolute atomic E-state index is 13.3. The van der Waals surface area contributed by atoms with Crippen molar-refractivity contribution in [1.82, 2.24) is 9.80 Å². The summed E-state index contributed by atoms with van der Waals surface area (Å²) in [5, 5.41) is 0. The molecule has 0 spiro atoms. The molecule has 0 bridgehead atoms. The van der Waals surface area contributed by atoms with Crippen LogP contribution in [-0.4, -0.2) is 43.5 Å². The SMILES string of the molecule is CCN(CCCN(C)C)Cc1cc(F)cc(Br)c1. The molecule has 18 heavy (non-hydrogen) atoms. The van der Waals surface area contributed by atoms with Gasteiger partial charge in [-0.25, -0.2) is 4.39 Å². The van der Waals surface area contributed by atoms with Crippen LogP contribution in [0.4, 0.5) is 4.39 Å². The lowest BCUT2D eigenvalue weighted by Crippen LogP contribution is -2.26. The minimum absolute atomic E-state index is 0.177. The van der Waals surface area contributed by atoms with Gasteiger partial charge in [-0.2, -0.15) is 0 Å². The molecule has 0 amide bonds. The van der Waals surface area contributed by atoms with Crippen molar-refractivity contribution in [2.24, 2.45) is 0 Å². The Kier molecular flexibility index (Phi) is 6.82. The summed E-state index contributed by atoms with van der Waals surface area (Å²) in [6.07, 6.45) is 1.14. The van der Waals surface area contributed by atoms with Crippen LogP contribution in [0.25, 0.3) is 0 Å². The van der Waals surface area contributed by atoms with Crippen LogP contribution in [0.3, 0.4) is 0 Å². The van der Waals surface area contributed by atoms with Crippen molar-refractivity contribution in [3.63, 3.8) is 0 Å². The summed E-state index contributed by atoms with van der Waals surface area (Å²) in [6.45, 7) is 6.07. The Morgan fingerprint density at radius 3 is 2.44 bits per heavy atom. The Bertz CT molecular complexity index is 349. The number of hydrogen-bond acceptors (Lipinski definition) is 2. The van der Waals surface area contributed by atoms with E-state index in [1.54, 1.807) is 6.07 Å². The average molecular weight is 317 g/mol. The fourth-order valence-electron chi connectivity index (χ4n) is 1.92. The Balaban J connectivity index is 2.51. The Hall–Kier alpha value is -0.450. The lowest BCUT2D eigenvalue weighted by atomic mass is 10.2. The van der Waals surface area contributed by atoms with Crippen LogP contribution in [0.15, 0.2) is 22.7 Å². The quantitative estimate of drug-likeness (QED) is 0.761. The molecule has 0 unspecified atom stereocenters. The zero-order valence-electron chi connectivity index (χ0n) is 11.4. The topological polar surface area (TPSA) is 6.48 Å². The van der Waals surface area contributed by atoms with Gasteiger partial charge in [0.1, 0.15) is 5.82 Å². The molecule has 0 heterocycles. The highest BCUT2D eigenvalue weighted by Gasteiger charge is 2.06. The van der Waals surface area contributed by atoms with Crippen LogP contribution in [0.5, 0.6) is 0 Å². The minimum atomic E-state index is -0.177. The van der Waals surface area contributed by atoms with Gasteiger partial charge in [0.15, 0.2) is 0 Å². The van der Waals surface area contributed by atoms with Crippen molar-refractivity contribution in [3.8, 4) is 0 Å². The molecule has 4 heteroatoms. The number of rotatable bonds is 7. The molecule has 0 aromatic heterocycles. The van der Waals surface area contributed by atoms with Crippen LogP contribution in [-0.2, 0) is 6.54 Å². The van der Waals surface area contributed by atoms with E-state index in [9.17, 15) is 4.39 Å². The Labute approximate surface area is 118 Å². The lowest BCUT2D eigenvalue weighted by molar-refractivity contribution is 0.259. The average Bonchev–Trinajstić information content (AvgIpc) is 2.25. The van der Waals surface area contributed by atoms with Crippen molar-refractivity contribution in [1.29, 1.82) is 0 Å². The molecule has 0 aliphatic carbocycles. The normalized spacial score (nSPS) is 11.5. The van der Waals surface area contributed by atoms with Gasteiger partial charge in [0.25, 0.3) is 0 Å². The minimum Gasteiger partial charge on any atom is -0.309 e. The van der Waals surface area contributed by atoms with E-state index in [1.807, 2.05) is 6.07 Å². The largest absolute Gasteiger partial charge is 0.309 e. The van der Waals surface area contributed by atoms with Gasteiger partial charge < -0.3 is 4.90 Å². The molecule has 0 radical (unpaired) electrons. The van der Waals surface area contributed by atoms with Crippen LogP contribution in [0, 0.1) is 5.82 Å². The third-order valence-corrected chi connectivity index (χ3v) is 3.31. The first-order valence-corrected chi connectivity index (χ1v) is 7.12. The summed E-state index contributed by atoms with van der Waals surface area (Å²) in [6, 6.07) is 5.09. The summed E-state index contributed by atoms with van der Waals surface area (Å²) in [5.41, 5.74) is 1.02. The Morgan fingerprint density at radius 2 is 1.89 bits per heavy atom. The van der Waals surface area contributed by atoms with E-state index in [0.717, 1.165) is 42.6 Å². The standard InChI is InChI=1S/C14H22BrFN2/c1-4-18(7-5-6-17(2)3)11-12-8-13(15)10-14(16)9-12/h8-10H,4-7,11H2,1-3H3. The maximum atomic E-state index is 13.3. The summed E-state index contributed by atoms with van der Waals surface area (Å²) in [7, 11) is 4.17. The summed E-state index contributed by atoms with van der Waals surface area (Å²) >= 11 is 3.33. The van der Waals surface area contributed by atoms with E-state index < -0.39 is 0 Å². The summed E-state index contributed by atoms with van der Waals surface area (Å²) < 4.78 is 14.1. The maximum Gasteiger partial charge on any atom is 0.124 e. The van der Waals surface area contributed by atoms with E-state index in [-0.39, 0.29) is 5.82 Å². The zero-order chi connectivity index (χ0) is 13.5. The highest BCUT2D eigenvalue weighted by atomic mass is 79.9. The molecule has 0 atom stereocenters. The number of halogens is 2. The molecule has 0 saturated carbocycles. The lowest BCUT2D eigenvalue weighted by Gasteiger charge is -2.21. The molecule has 1 aromatic carbocycles. The predicted molar refractivity (Wildman–Crippen MR) is 78.2 cm³/mol. The smallest absolute Gasteiger partial charge is 0.124 e. The van der Waals surface area contributed by atoms with Crippen molar-refractivity contribution in [2.45, 2.75) is 19.9 Å². The van der Waals surface area contributed by atoms with Gasteiger partial charge in [-0.05, 0) is 63.9 Å². The first-order valence-electron chi connectivity index (χ1n) is 6.33. The summed E-state index contributed by atoms with van der Waals surface area (Å²) in [5.74, 6) is -0.177. The van der Waals surface area contributed by atoms with E-state index in [4.69, 9.17) is 0 Å². The number of benzene rings is 1. The van der Waals surface area contributed by atoms with Gasteiger partial charge >= 0.3 is 0 Å². The van der Waals surface area contributed by atoms with Crippen molar-refractivity contribution in [3.05, 3.63) is 34.1 Å². The first kappa shape index (κ1) is 15.6. The first-order chi connectivity index (χ1) is 8.51. The predicted octanol–water partition coefficient (Wildman–Crippen LogP) is 3.36. The highest BCUT2D eigenvalue weighted by molar-refractivity contribution is 9.10. The van der Waals surface area contributed by atoms with Crippen molar-refractivity contribution >= 4 is 15.9 Å². The van der Waals surface area contributed by atoms with Crippen LogP contribution >= 0.6 is 15.9 Å². The molecule has 0 saturated heterocycles. The van der Waals surface area contributed by atoms with Crippen LogP contribution < -0.4 is 0 Å². The van der Waals surface area contributed by atoms with Crippen LogP contribution in [0.1, 0.15) is 18.9 Å². The van der Waals surface area contributed by atoms with E-state index in [1.165, 1.54) is 6.07 Å². The summed E-state index contributed by atoms with van der Waals surface area (Å²) in [4.78, 5) is 4.53. The van der Waals surface area contributed by atoms with E-state index in [2.05, 4.69) is 46.7 Å². The Morgan fingerprint density at radius 1 is 1.17 bits per heavy atom. The van der Waals surface area contributed by atoms with E-state index >= 15 is 0 Å². The van der Waals surface area contributed by atoms with Gasteiger partial charge in [0.05, 0.1) is 0 Å². The van der Waals surface area contributed by atoms with Gasteiger partial charge in [-0.3, -0.25) is 4.90 Å². The third-order valence-electron chi connectivity index (χ3n) is 2.86. The molecular formula is C14H22BrFN2. The fraction of sp³-hybridized carbons (Fsp3) is 0.571. The van der Waals surface area contributed by atoms with Crippen molar-refractivity contribution in [2.75, 3.05) is 33.7 Å². The second-order valence-corrected chi connectivity index (χ2v) is 5.72. The van der Waals surface area contributed by atoms with Gasteiger partial charge in [-0.1, -0.05) is 22.9 Å². The number of hydrogen-bond donors (Lipinski definition) is 0. The third kappa shape index (κ3) is 5.94. The second kappa shape index (κ2) is 7.87. The number of nitrogens with zero attached hydrogens (tertiary/aromatic N) is 2. The fourth-order valence-corrected chi connectivity index (χ4v) is 2.43.